The van der Waals surface area contributed by atoms with Crippen LogP contribution in [-0.2, 0) is 23.3 Å². The van der Waals surface area contributed by atoms with Gasteiger partial charge in [0.1, 0.15) is 22.2 Å². The topological polar surface area (TPSA) is 89.6 Å². The fourth-order valence-electron chi connectivity index (χ4n) is 3.04. The van der Waals surface area contributed by atoms with E-state index in [1.54, 1.807) is 12.5 Å². The molecule has 0 radical (unpaired) electrons. The fourth-order valence-corrected chi connectivity index (χ4v) is 3.75. The molecule has 0 aliphatic rings. The second-order valence-corrected chi connectivity index (χ2v) is 9.40. The lowest BCUT2D eigenvalue weighted by Gasteiger charge is -2.19. The standard InChI is InChI=1S/C25H29N3O4S/c1-25(2,3)18-9-11-19(12-10-18)32-15-22(29)26-14-23-28-20(16-33-23)24(30)27-13-17-7-5-6-8-21(17)31-4/h5-12,16H,13-15H2,1-4H3,(H,26,29)(H,27,30). The first-order valence-corrected chi connectivity index (χ1v) is 11.5. The molecule has 0 aliphatic carbocycles. The van der Waals surface area contributed by atoms with Crippen molar-refractivity contribution in [2.24, 2.45) is 0 Å². The Balaban J connectivity index is 1.43. The molecular weight excluding hydrogens is 438 g/mol. The van der Waals surface area contributed by atoms with E-state index in [1.165, 1.54) is 16.9 Å². The minimum atomic E-state index is -0.281. The Labute approximate surface area is 198 Å². The molecule has 174 valence electrons. The van der Waals surface area contributed by atoms with Crippen molar-refractivity contribution in [2.75, 3.05) is 13.7 Å². The first-order chi connectivity index (χ1) is 15.8. The maximum Gasteiger partial charge on any atom is 0.271 e. The van der Waals surface area contributed by atoms with Gasteiger partial charge >= 0.3 is 0 Å². The lowest BCUT2D eigenvalue weighted by Crippen LogP contribution is -2.28. The summed E-state index contributed by atoms with van der Waals surface area (Å²) in [4.78, 5) is 28.8. The van der Waals surface area contributed by atoms with Crippen LogP contribution in [0.4, 0.5) is 0 Å². The summed E-state index contributed by atoms with van der Waals surface area (Å²) < 4.78 is 10.8. The highest BCUT2D eigenvalue weighted by Gasteiger charge is 2.14. The number of carbonyl (C=O) groups excluding carboxylic acids is 2. The maximum atomic E-state index is 12.4. The van der Waals surface area contributed by atoms with E-state index in [1.807, 2.05) is 48.5 Å². The second kappa shape index (κ2) is 11.0. The van der Waals surface area contributed by atoms with E-state index in [9.17, 15) is 9.59 Å². The van der Waals surface area contributed by atoms with Gasteiger partial charge in [0.25, 0.3) is 11.8 Å². The smallest absolute Gasteiger partial charge is 0.271 e. The molecule has 1 aromatic heterocycles. The number of rotatable bonds is 9. The quantitative estimate of drug-likeness (QED) is 0.495. The van der Waals surface area contributed by atoms with Crippen LogP contribution in [0.5, 0.6) is 11.5 Å². The lowest BCUT2D eigenvalue weighted by molar-refractivity contribution is -0.123. The van der Waals surface area contributed by atoms with Gasteiger partial charge in [-0.05, 0) is 29.2 Å². The summed E-state index contributed by atoms with van der Waals surface area (Å²) in [6.07, 6.45) is 0. The van der Waals surface area contributed by atoms with Crippen LogP contribution < -0.4 is 20.1 Å². The van der Waals surface area contributed by atoms with Crippen molar-refractivity contribution in [2.45, 2.75) is 39.3 Å². The highest BCUT2D eigenvalue weighted by Crippen LogP contribution is 2.24. The number of amides is 2. The SMILES string of the molecule is COc1ccccc1CNC(=O)c1csc(CNC(=O)COc2ccc(C(C)(C)C)cc2)n1. The van der Waals surface area contributed by atoms with Crippen LogP contribution in [0.15, 0.2) is 53.9 Å². The molecule has 2 aromatic carbocycles. The van der Waals surface area contributed by atoms with E-state index in [2.05, 4.69) is 36.4 Å². The van der Waals surface area contributed by atoms with Crippen LogP contribution in [0.2, 0.25) is 0 Å². The third kappa shape index (κ3) is 7.05. The van der Waals surface area contributed by atoms with Crippen molar-refractivity contribution >= 4 is 23.2 Å². The van der Waals surface area contributed by atoms with Crippen molar-refractivity contribution in [3.63, 3.8) is 0 Å². The summed E-state index contributed by atoms with van der Waals surface area (Å²) in [5.74, 6) is 0.817. The predicted octanol–water partition coefficient (Wildman–Crippen LogP) is 4.07. The third-order valence-electron chi connectivity index (χ3n) is 4.94. The molecule has 0 fully saturated rings. The second-order valence-electron chi connectivity index (χ2n) is 8.46. The summed E-state index contributed by atoms with van der Waals surface area (Å²) in [5, 5.41) is 7.92. The van der Waals surface area contributed by atoms with Gasteiger partial charge in [0.05, 0.1) is 13.7 Å². The van der Waals surface area contributed by atoms with Crippen molar-refractivity contribution in [3.8, 4) is 11.5 Å². The van der Waals surface area contributed by atoms with Gasteiger partial charge in [0.2, 0.25) is 0 Å². The van der Waals surface area contributed by atoms with Gasteiger partial charge in [0, 0.05) is 17.5 Å². The normalized spacial score (nSPS) is 11.0. The molecular formula is C25H29N3O4S. The van der Waals surface area contributed by atoms with E-state index in [-0.39, 0.29) is 30.4 Å². The molecule has 0 saturated carbocycles. The van der Waals surface area contributed by atoms with Gasteiger partial charge in [-0.3, -0.25) is 9.59 Å². The summed E-state index contributed by atoms with van der Waals surface area (Å²) in [6.45, 7) is 6.90. The molecule has 2 amide bonds. The molecule has 1 heterocycles. The Kier molecular flexibility index (Phi) is 8.06. The predicted molar refractivity (Wildman–Crippen MR) is 129 cm³/mol. The monoisotopic (exact) mass is 467 g/mol. The number of benzene rings is 2. The minimum absolute atomic E-state index is 0.0633. The number of nitrogens with zero attached hydrogens (tertiary/aromatic N) is 1. The van der Waals surface area contributed by atoms with E-state index >= 15 is 0 Å². The average Bonchev–Trinajstić information content (AvgIpc) is 3.29. The summed E-state index contributed by atoms with van der Waals surface area (Å²) in [6, 6.07) is 15.2. The zero-order valence-corrected chi connectivity index (χ0v) is 20.1. The average molecular weight is 468 g/mol. The minimum Gasteiger partial charge on any atom is -0.496 e. The molecule has 0 spiro atoms. The number of nitrogens with one attached hydrogen (secondary N) is 2. The fraction of sp³-hybridized carbons (Fsp3) is 0.320. The number of hydrogen-bond donors (Lipinski definition) is 2. The number of ether oxygens (including phenoxy) is 2. The largest absolute Gasteiger partial charge is 0.496 e. The molecule has 0 atom stereocenters. The third-order valence-corrected chi connectivity index (χ3v) is 5.79. The highest BCUT2D eigenvalue weighted by atomic mass is 32.1. The van der Waals surface area contributed by atoms with Crippen LogP contribution in [0.3, 0.4) is 0 Å². The molecule has 3 rings (SSSR count). The number of carbonyl (C=O) groups is 2. The van der Waals surface area contributed by atoms with Gasteiger partial charge in [-0.15, -0.1) is 11.3 Å². The van der Waals surface area contributed by atoms with E-state index in [0.29, 0.717) is 28.7 Å². The van der Waals surface area contributed by atoms with Crippen LogP contribution >= 0.6 is 11.3 Å². The number of para-hydroxylation sites is 1. The van der Waals surface area contributed by atoms with Crippen LogP contribution in [0.25, 0.3) is 0 Å². The van der Waals surface area contributed by atoms with E-state index in [4.69, 9.17) is 9.47 Å². The molecule has 8 heteroatoms. The molecule has 7 nitrogen and oxygen atoms in total. The molecule has 0 saturated heterocycles. The Morgan fingerprint density at radius 2 is 1.73 bits per heavy atom. The Morgan fingerprint density at radius 3 is 2.42 bits per heavy atom. The van der Waals surface area contributed by atoms with Gasteiger partial charge in [0.15, 0.2) is 6.61 Å². The molecule has 33 heavy (non-hydrogen) atoms. The number of methoxy groups -OCH3 is 1. The van der Waals surface area contributed by atoms with Gasteiger partial charge in [-0.1, -0.05) is 51.1 Å². The molecule has 3 aromatic rings. The Morgan fingerprint density at radius 1 is 1.00 bits per heavy atom. The molecule has 0 unspecified atom stereocenters. The van der Waals surface area contributed by atoms with Crippen LogP contribution in [0, 0.1) is 0 Å². The number of hydrogen-bond acceptors (Lipinski definition) is 6. The van der Waals surface area contributed by atoms with E-state index < -0.39 is 0 Å². The summed E-state index contributed by atoms with van der Waals surface area (Å²) in [5.41, 5.74) is 2.46. The van der Waals surface area contributed by atoms with Gasteiger partial charge in [-0.2, -0.15) is 0 Å². The highest BCUT2D eigenvalue weighted by molar-refractivity contribution is 7.09. The molecule has 2 N–H and O–H groups in total. The van der Waals surface area contributed by atoms with Gasteiger partial charge in [-0.25, -0.2) is 4.98 Å². The maximum absolute atomic E-state index is 12.4. The Hall–Kier alpha value is -3.39. The van der Waals surface area contributed by atoms with Crippen LogP contribution in [-0.4, -0.2) is 30.5 Å². The lowest BCUT2D eigenvalue weighted by atomic mass is 9.87. The van der Waals surface area contributed by atoms with Crippen LogP contribution in [0.1, 0.15) is 47.4 Å². The first kappa shape index (κ1) is 24.3. The summed E-state index contributed by atoms with van der Waals surface area (Å²) >= 11 is 1.32. The number of thiazole rings is 1. The summed E-state index contributed by atoms with van der Waals surface area (Å²) in [7, 11) is 1.59. The molecule has 0 aliphatic heterocycles. The van der Waals surface area contributed by atoms with E-state index in [0.717, 1.165) is 5.56 Å². The van der Waals surface area contributed by atoms with Crippen molar-refractivity contribution in [1.29, 1.82) is 0 Å². The van der Waals surface area contributed by atoms with Gasteiger partial charge < -0.3 is 20.1 Å². The zero-order valence-electron chi connectivity index (χ0n) is 19.3. The van der Waals surface area contributed by atoms with Crippen molar-refractivity contribution < 1.29 is 19.1 Å². The Bertz CT molecular complexity index is 1090. The first-order valence-electron chi connectivity index (χ1n) is 10.6. The zero-order chi connectivity index (χ0) is 23.8. The molecule has 0 bridgehead atoms. The number of aromatic nitrogens is 1. The van der Waals surface area contributed by atoms with Crippen molar-refractivity contribution in [3.05, 3.63) is 75.7 Å². The van der Waals surface area contributed by atoms with Crippen molar-refractivity contribution in [1.82, 2.24) is 15.6 Å².